The predicted octanol–water partition coefficient (Wildman–Crippen LogP) is 4.45. The summed E-state index contributed by atoms with van der Waals surface area (Å²) in [6.07, 6.45) is 3.64. The third kappa shape index (κ3) is 4.18. The van der Waals surface area contributed by atoms with Crippen molar-refractivity contribution in [1.82, 2.24) is 0 Å². The van der Waals surface area contributed by atoms with E-state index in [0.29, 0.717) is 0 Å². The number of aliphatic imine (C=N–C) groups is 1. The molecule has 1 aromatic carbocycles. The molecule has 0 aliphatic carbocycles. The molecule has 0 heterocycles. The number of hydrogen-bond donors (Lipinski definition) is 0. The van der Waals surface area contributed by atoms with Crippen LogP contribution in [0, 0.1) is 13.8 Å². The van der Waals surface area contributed by atoms with Crippen molar-refractivity contribution in [2.45, 2.75) is 53.5 Å². The summed E-state index contributed by atoms with van der Waals surface area (Å²) >= 11 is 0. The van der Waals surface area contributed by atoms with Crippen LogP contribution in [-0.4, -0.2) is 5.71 Å². The lowest BCUT2D eigenvalue weighted by Crippen LogP contribution is -1.95. The van der Waals surface area contributed by atoms with Gasteiger partial charge < -0.3 is 0 Å². The quantitative estimate of drug-likeness (QED) is 0.646. The Balaban J connectivity index is 2.62. The number of aryl methyl sites for hydroxylation is 2. The zero-order valence-corrected chi connectivity index (χ0v) is 11.0. The second-order valence-corrected chi connectivity index (χ2v) is 4.58. The van der Waals surface area contributed by atoms with Crippen molar-refractivity contribution in [3.63, 3.8) is 0 Å². The highest BCUT2D eigenvalue weighted by atomic mass is 14.7. The largest absolute Gasteiger partial charge is 0.290 e. The first-order chi connectivity index (χ1) is 7.63. The van der Waals surface area contributed by atoms with E-state index in [1.54, 1.807) is 0 Å². The minimum atomic E-state index is 0.836. The topological polar surface area (TPSA) is 12.4 Å². The lowest BCUT2D eigenvalue weighted by molar-refractivity contribution is 0.827. The Hall–Kier alpha value is -1.11. The predicted molar refractivity (Wildman–Crippen MR) is 72.3 cm³/mol. The summed E-state index contributed by atoms with van der Waals surface area (Å²) in [5.41, 5.74) is 5.30. The molecule has 1 aromatic rings. The van der Waals surface area contributed by atoms with Crippen LogP contribution < -0.4 is 0 Å². The second kappa shape index (κ2) is 6.47. The molecule has 0 amide bonds. The highest BCUT2D eigenvalue weighted by Crippen LogP contribution is 2.12. The molecule has 1 rings (SSSR count). The molecule has 0 aromatic heterocycles. The van der Waals surface area contributed by atoms with Crippen molar-refractivity contribution in [2.24, 2.45) is 4.99 Å². The van der Waals surface area contributed by atoms with Gasteiger partial charge in [0.25, 0.3) is 0 Å². The first kappa shape index (κ1) is 13.0. The van der Waals surface area contributed by atoms with Crippen LogP contribution in [0.2, 0.25) is 0 Å². The molecule has 1 heteroatoms. The first-order valence-electron chi connectivity index (χ1n) is 6.19. The molecule has 0 spiro atoms. The van der Waals surface area contributed by atoms with Crippen LogP contribution in [0.4, 0.5) is 0 Å². The molecule has 0 atom stereocenters. The minimum Gasteiger partial charge on any atom is -0.290 e. The summed E-state index contributed by atoms with van der Waals surface area (Å²) < 4.78 is 0. The highest BCUT2D eigenvalue weighted by Gasteiger charge is 1.98. The average molecular weight is 217 g/mol. The second-order valence-electron chi connectivity index (χ2n) is 4.58. The molecule has 0 unspecified atom stereocenters. The van der Waals surface area contributed by atoms with E-state index < -0.39 is 0 Å². The van der Waals surface area contributed by atoms with Gasteiger partial charge in [-0.3, -0.25) is 4.99 Å². The molecular weight excluding hydrogens is 194 g/mol. The standard InChI is InChI=1S/C15H23N/c1-5-6-7-14(4)16-11-15-10-12(2)8-9-13(15)3/h8-10H,5-7,11H2,1-4H3. The van der Waals surface area contributed by atoms with Crippen LogP contribution in [0.25, 0.3) is 0 Å². The van der Waals surface area contributed by atoms with Crippen LogP contribution >= 0.6 is 0 Å². The number of rotatable bonds is 5. The van der Waals surface area contributed by atoms with Gasteiger partial charge in [-0.05, 0) is 44.7 Å². The summed E-state index contributed by atoms with van der Waals surface area (Å²) in [6, 6.07) is 6.58. The minimum absolute atomic E-state index is 0.836. The summed E-state index contributed by atoms with van der Waals surface area (Å²) in [7, 11) is 0. The van der Waals surface area contributed by atoms with E-state index in [9.17, 15) is 0 Å². The Labute approximate surface area is 99.6 Å². The molecule has 0 bridgehead atoms. The van der Waals surface area contributed by atoms with Crippen LogP contribution in [0.1, 0.15) is 49.8 Å². The third-order valence-corrected chi connectivity index (χ3v) is 2.92. The van der Waals surface area contributed by atoms with E-state index in [2.05, 4.69) is 50.9 Å². The Morgan fingerprint density at radius 2 is 2.00 bits per heavy atom. The number of unbranched alkanes of at least 4 members (excludes halogenated alkanes) is 1. The van der Waals surface area contributed by atoms with Gasteiger partial charge in [-0.1, -0.05) is 37.1 Å². The van der Waals surface area contributed by atoms with E-state index in [1.807, 2.05) is 0 Å². The van der Waals surface area contributed by atoms with Crippen molar-refractivity contribution >= 4 is 5.71 Å². The van der Waals surface area contributed by atoms with Crippen molar-refractivity contribution in [3.05, 3.63) is 34.9 Å². The fourth-order valence-electron chi connectivity index (χ4n) is 1.70. The van der Waals surface area contributed by atoms with Crippen LogP contribution in [0.5, 0.6) is 0 Å². The molecular formula is C15H23N. The van der Waals surface area contributed by atoms with Gasteiger partial charge in [0, 0.05) is 5.71 Å². The van der Waals surface area contributed by atoms with Crippen molar-refractivity contribution in [1.29, 1.82) is 0 Å². The van der Waals surface area contributed by atoms with Gasteiger partial charge in [0.2, 0.25) is 0 Å². The number of nitrogens with zero attached hydrogens (tertiary/aromatic N) is 1. The molecule has 0 saturated heterocycles. The first-order valence-corrected chi connectivity index (χ1v) is 6.19. The van der Waals surface area contributed by atoms with Crippen molar-refractivity contribution < 1.29 is 0 Å². The summed E-state index contributed by atoms with van der Waals surface area (Å²) in [5, 5.41) is 0. The summed E-state index contributed by atoms with van der Waals surface area (Å²) in [4.78, 5) is 4.65. The van der Waals surface area contributed by atoms with E-state index in [0.717, 1.165) is 13.0 Å². The molecule has 0 radical (unpaired) electrons. The maximum atomic E-state index is 4.65. The lowest BCUT2D eigenvalue weighted by Gasteiger charge is -2.05. The maximum Gasteiger partial charge on any atom is 0.0641 e. The SMILES string of the molecule is CCCCC(C)=NCc1cc(C)ccc1C. The Bertz CT molecular complexity index is 364. The number of benzene rings is 1. The van der Waals surface area contributed by atoms with Gasteiger partial charge in [-0.2, -0.15) is 0 Å². The molecule has 0 aliphatic rings. The van der Waals surface area contributed by atoms with Gasteiger partial charge in [0.05, 0.1) is 6.54 Å². The van der Waals surface area contributed by atoms with Gasteiger partial charge in [0.15, 0.2) is 0 Å². The zero-order chi connectivity index (χ0) is 12.0. The van der Waals surface area contributed by atoms with Crippen LogP contribution in [-0.2, 0) is 6.54 Å². The van der Waals surface area contributed by atoms with Crippen LogP contribution in [0.15, 0.2) is 23.2 Å². The molecule has 0 fully saturated rings. The summed E-state index contributed by atoms with van der Waals surface area (Å²) in [6.45, 7) is 9.49. The lowest BCUT2D eigenvalue weighted by atomic mass is 10.1. The average Bonchev–Trinajstić information content (AvgIpc) is 2.27. The van der Waals surface area contributed by atoms with E-state index in [4.69, 9.17) is 0 Å². The zero-order valence-electron chi connectivity index (χ0n) is 11.0. The molecule has 16 heavy (non-hydrogen) atoms. The Kier molecular flexibility index (Phi) is 5.24. The smallest absolute Gasteiger partial charge is 0.0641 e. The normalized spacial score (nSPS) is 11.9. The number of hydrogen-bond acceptors (Lipinski definition) is 1. The molecule has 88 valence electrons. The fraction of sp³-hybridized carbons (Fsp3) is 0.533. The van der Waals surface area contributed by atoms with Gasteiger partial charge >= 0.3 is 0 Å². The fourth-order valence-corrected chi connectivity index (χ4v) is 1.70. The molecule has 0 N–H and O–H groups in total. The molecule has 0 aliphatic heterocycles. The van der Waals surface area contributed by atoms with Gasteiger partial charge in [-0.15, -0.1) is 0 Å². The van der Waals surface area contributed by atoms with Gasteiger partial charge in [0.1, 0.15) is 0 Å². The highest BCUT2D eigenvalue weighted by molar-refractivity contribution is 5.81. The molecule has 0 saturated carbocycles. The van der Waals surface area contributed by atoms with E-state index in [-0.39, 0.29) is 0 Å². The van der Waals surface area contributed by atoms with E-state index >= 15 is 0 Å². The third-order valence-electron chi connectivity index (χ3n) is 2.92. The Morgan fingerprint density at radius 1 is 1.25 bits per heavy atom. The summed E-state index contributed by atoms with van der Waals surface area (Å²) in [5.74, 6) is 0. The van der Waals surface area contributed by atoms with Crippen LogP contribution in [0.3, 0.4) is 0 Å². The monoisotopic (exact) mass is 217 g/mol. The Morgan fingerprint density at radius 3 is 2.69 bits per heavy atom. The molecule has 1 nitrogen and oxygen atoms in total. The van der Waals surface area contributed by atoms with Gasteiger partial charge in [-0.25, -0.2) is 0 Å². The maximum absolute atomic E-state index is 4.65. The van der Waals surface area contributed by atoms with Crippen molar-refractivity contribution in [3.8, 4) is 0 Å². The van der Waals surface area contributed by atoms with E-state index in [1.165, 1.54) is 35.2 Å². The van der Waals surface area contributed by atoms with Crippen molar-refractivity contribution in [2.75, 3.05) is 0 Å².